The van der Waals surface area contributed by atoms with Crippen LogP contribution < -0.4 is 30.6 Å². The molecule has 8 heteroatoms. The van der Waals surface area contributed by atoms with Crippen LogP contribution in [0.25, 0.3) is 0 Å². The van der Waals surface area contributed by atoms with Crippen LogP contribution in [0.3, 0.4) is 0 Å². The lowest BCUT2D eigenvalue weighted by molar-refractivity contribution is -0.128. The molecule has 37 heavy (non-hydrogen) atoms. The minimum atomic E-state index is -0.949. The van der Waals surface area contributed by atoms with Crippen LogP contribution in [-0.2, 0) is 22.7 Å². The minimum absolute atomic E-state index is 0.0327. The second kappa shape index (κ2) is 13.3. The van der Waals surface area contributed by atoms with Crippen LogP contribution in [-0.4, -0.2) is 24.5 Å². The fourth-order valence-corrected chi connectivity index (χ4v) is 3.66. The first-order chi connectivity index (χ1) is 17.8. The van der Waals surface area contributed by atoms with Crippen molar-refractivity contribution >= 4 is 17.5 Å². The molecule has 1 atom stereocenters. The normalized spacial score (nSPS) is 11.5. The van der Waals surface area contributed by atoms with Gasteiger partial charge in [-0.2, -0.15) is 0 Å². The molecule has 8 nitrogen and oxygen atoms in total. The molecule has 0 aromatic heterocycles. The van der Waals surface area contributed by atoms with E-state index >= 15 is 0 Å². The first-order valence-electron chi connectivity index (χ1n) is 12.3. The van der Waals surface area contributed by atoms with Crippen LogP contribution in [0.4, 0.5) is 5.69 Å². The Hall–Kier alpha value is -4.04. The summed E-state index contributed by atoms with van der Waals surface area (Å²) in [5.41, 5.74) is 8.79. The molecule has 0 aliphatic heterocycles. The highest BCUT2D eigenvalue weighted by Crippen LogP contribution is 2.33. The number of ether oxygens (including phenoxy) is 3. The molecule has 0 fully saturated rings. The van der Waals surface area contributed by atoms with Gasteiger partial charge < -0.3 is 30.6 Å². The molecule has 3 aromatic rings. The molecule has 0 aliphatic rings. The van der Waals surface area contributed by atoms with E-state index in [4.69, 9.17) is 19.9 Å². The molecular weight excluding hydrogens is 470 g/mol. The number of hydrogen-bond donors (Lipinski definition) is 3. The quantitative estimate of drug-likeness (QED) is 0.328. The Kier molecular flexibility index (Phi) is 9.92. The molecule has 196 valence electrons. The molecule has 0 bridgehead atoms. The van der Waals surface area contributed by atoms with Gasteiger partial charge in [-0.15, -0.1) is 0 Å². The zero-order chi connectivity index (χ0) is 26.8. The van der Waals surface area contributed by atoms with Crippen molar-refractivity contribution in [1.82, 2.24) is 5.32 Å². The van der Waals surface area contributed by atoms with Crippen molar-refractivity contribution in [3.63, 3.8) is 0 Å². The van der Waals surface area contributed by atoms with Gasteiger partial charge in [-0.3, -0.25) is 9.59 Å². The maximum atomic E-state index is 13.4. The summed E-state index contributed by atoms with van der Waals surface area (Å²) in [6.45, 7) is 8.33. The Labute approximate surface area is 218 Å². The molecule has 0 heterocycles. The molecule has 3 aromatic carbocycles. The summed E-state index contributed by atoms with van der Waals surface area (Å²) in [6, 6.07) is 20.0. The number of rotatable bonds is 12. The van der Waals surface area contributed by atoms with E-state index in [2.05, 4.69) is 10.6 Å². The second-order valence-electron chi connectivity index (χ2n) is 8.75. The summed E-state index contributed by atoms with van der Waals surface area (Å²) in [7, 11) is 0. The molecule has 3 rings (SSSR count). The van der Waals surface area contributed by atoms with Gasteiger partial charge in [-0.25, -0.2) is 0 Å². The first kappa shape index (κ1) is 27.5. The molecule has 4 N–H and O–H groups in total. The highest BCUT2D eigenvalue weighted by molar-refractivity contribution is 5.88. The summed E-state index contributed by atoms with van der Waals surface area (Å²) in [4.78, 5) is 24.8. The van der Waals surface area contributed by atoms with Crippen LogP contribution in [0.5, 0.6) is 17.2 Å². The molecule has 0 aliphatic carbocycles. The van der Waals surface area contributed by atoms with Crippen LogP contribution in [0.15, 0.2) is 66.7 Å². The van der Waals surface area contributed by atoms with E-state index in [0.29, 0.717) is 41.7 Å². The number of anilines is 1. The third kappa shape index (κ3) is 8.25. The predicted octanol–water partition coefficient (Wildman–Crippen LogP) is 4.73. The van der Waals surface area contributed by atoms with Crippen molar-refractivity contribution in [3.8, 4) is 17.2 Å². The number of amides is 2. The summed E-state index contributed by atoms with van der Waals surface area (Å²) in [6.07, 6.45) is -0.982. The Bertz CT molecular complexity index is 1190. The Balaban J connectivity index is 1.87. The lowest BCUT2D eigenvalue weighted by atomic mass is 10.1. The van der Waals surface area contributed by atoms with Gasteiger partial charge in [0.05, 0.1) is 12.7 Å². The highest BCUT2D eigenvalue weighted by Gasteiger charge is 2.25. The van der Waals surface area contributed by atoms with E-state index in [1.807, 2.05) is 51.1 Å². The fourth-order valence-electron chi connectivity index (χ4n) is 3.66. The fraction of sp³-hybridized carbons (Fsp3) is 0.310. The predicted molar refractivity (Wildman–Crippen MR) is 144 cm³/mol. The van der Waals surface area contributed by atoms with Crippen LogP contribution >= 0.6 is 0 Å². The SMILES string of the molecule is CCOc1cc(C(Oc2ccc(CN)cc2)C(=O)NCc2cccc(NC(C)=O)c2)ccc1OC(C)C. The second-order valence-corrected chi connectivity index (χ2v) is 8.75. The zero-order valence-electron chi connectivity index (χ0n) is 21.7. The van der Waals surface area contributed by atoms with Crippen molar-refractivity contribution in [1.29, 1.82) is 0 Å². The van der Waals surface area contributed by atoms with Crippen molar-refractivity contribution in [3.05, 3.63) is 83.4 Å². The van der Waals surface area contributed by atoms with E-state index in [-0.39, 0.29) is 24.5 Å². The smallest absolute Gasteiger partial charge is 0.266 e. The third-order valence-corrected chi connectivity index (χ3v) is 5.30. The summed E-state index contributed by atoms with van der Waals surface area (Å²) in [5.74, 6) is 1.18. The lowest BCUT2D eigenvalue weighted by Crippen LogP contribution is -2.32. The van der Waals surface area contributed by atoms with E-state index in [9.17, 15) is 9.59 Å². The van der Waals surface area contributed by atoms with Gasteiger partial charge in [0, 0.05) is 31.3 Å². The highest BCUT2D eigenvalue weighted by atomic mass is 16.5. The van der Waals surface area contributed by atoms with Gasteiger partial charge in [0.15, 0.2) is 11.5 Å². The number of carbonyl (C=O) groups excluding carboxylic acids is 2. The van der Waals surface area contributed by atoms with Crippen molar-refractivity contribution in [2.45, 2.75) is 53.0 Å². The van der Waals surface area contributed by atoms with E-state index in [0.717, 1.165) is 11.1 Å². The van der Waals surface area contributed by atoms with Crippen molar-refractivity contribution in [2.75, 3.05) is 11.9 Å². The average molecular weight is 506 g/mol. The molecule has 0 radical (unpaired) electrons. The van der Waals surface area contributed by atoms with Crippen molar-refractivity contribution < 1.29 is 23.8 Å². The van der Waals surface area contributed by atoms with Crippen molar-refractivity contribution in [2.24, 2.45) is 5.73 Å². The van der Waals surface area contributed by atoms with E-state index in [1.54, 1.807) is 36.4 Å². The standard InChI is InChI=1S/C29H35N3O5/c1-5-35-27-16-23(11-14-26(27)36-19(2)3)28(37-25-12-9-21(17-30)10-13-25)29(34)31-18-22-7-6-8-24(15-22)32-20(4)33/h6-16,19,28H,5,17-18,30H2,1-4H3,(H,31,34)(H,32,33). The topological polar surface area (TPSA) is 112 Å². The largest absolute Gasteiger partial charge is 0.490 e. The van der Waals surface area contributed by atoms with Gasteiger partial charge in [0.25, 0.3) is 5.91 Å². The van der Waals surface area contributed by atoms with Crippen LogP contribution in [0.2, 0.25) is 0 Å². The number of carbonyl (C=O) groups is 2. The molecule has 0 spiro atoms. The monoisotopic (exact) mass is 505 g/mol. The molecular formula is C29H35N3O5. The number of nitrogens with one attached hydrogen (secondary N) is 2. The summed E-state index contributed by atoms with van der Waals surface area (Å²) >= 11 is 0. The van der Waals surface area contributed by atoms with Crippen LogP contribution in [0, 0.1) is 0 Å². The number of nitrogens with two attached hydrogens (primary N) is 1. The molecule has 0 saturated carbocycles. The van der Waals surface area contributed by atoms with Gasteiger partial charge in [0.2, 0.25) is 12.0 Å². The van der Waals surface area contributed by atoms with Gasteiger partial charge in [0.1, 0.15) is 5.75 Å². The minimum Gasteiger partial charge on any atom is -0.490 e. The Morgan fingerprint density at radius 2 is 1.68 bits per heavy atom. The maximum Gasteiger partial charge on any atom is 0.266 e. The molecule has 1 unspecified atom stereocenters. The summed E-state index contributed by atoms with van der Waals surface area (Å²) < 4.78 is 17.8. The van der Waals surface area contributed by atoms with Crippen LogP contribution in [0.1, 0.15) is 50.5 Å². The summed E-state index contributed by atoms with van der Waals surface area (Å²) in [5, 5.41) is 5.70. The Morgan fingerprint density at radius 3 is 2.32 bits per heavy atom. The lowest BCUT2D eigenvalue weighted by Gasteiger charge is -2.22. The first-order valence-corrected chi connectivity index (χ1v) is 12.3. The van der Waals surface area contributed by atoms with Gasteiger partial charge >= 0.3 is 0 Å². The average Bonchev–Trinajstić information content (AvgIpc) is 2.87. The van der Waals surface area contributed by atoms with E-state index in [1.165, 1.54) is 6.92 Å². The zero-order valence-corrected chi connectivity index (χ0v) is 21.7. The third-order valence-electron chi connectivity index (χ3n) is 5.30. The van der Waals surface area contributed by atoms with E-state index < -0.39 is 6.10 Å². The number of hydrogen-bond acceptors (Lipinski definition) is 6. The number of benzene rings is 3. The van der Waals surface area contributed by atoms with Gasteiger partial charge in [-0.1, -0.05) is 30.3 Å². The Morgan fingerprint density at radius 1 is 0.919 bits per heavy atom. The molecule has 0 saturated heterocycles. The maximum absolute atomic E-state index is 13.4. The van der Waals surface area contributed by atoms with Gasteiger partial charge in [-0.05, 0) is 68.3 Å². The molecule has 2 amide bonds.